The molecule has 0 fully saturated rings. The van der Waals surface area contributed by atoms with Gasteiger partial charge in [-0.15, -0.1) is 0 Å². The number of hydrogen-bond acceptors (Lipinski definition) is 4. The number of hydrazine groups is 1. The zero-order chi connectivity index (χ0) is 12.5. The number of alkyl halides is 3. The fraction of sp³-hybridized carbons (Fsp3) is 0.400. The van der Waals surface area contributed by atoms with Crippen LogP contribution in [0.4, 0.5) is 13.2 Å². The highest BCUT2D eigenvalue weighted by Gasteiger charge is 2.35. The summed E-state index contributed by atoms with van der Waals surface area (Å²) in [7, 11) is 0. The van der Waals surface area contributed by atoms with Gasteiger partial charge in [0.25, 0.3) is 0 Å². The summed E-state index contributed by atoms with van der Waals surface area (Å²) >= 11 is 0. The largest absolute Gasteiger partial charge is 0.432 e. The van der Waals surface area contributed by atoms with Gasteiger partial charge >= 0.3 is 6.18 Å². The van der Waals surface area contributed by atoms with E-state index in [4.69, 9.17) is 5.26 Å². The molecule has 2 aliphatic heterocycles. The molecule has 0 saturated carbocycles. The first kappa shape index (κ1) is 11.7. The molecule has 2 rings (SSSR count). The molecule has 2 unspecified atom stereocenters. The number of halogens is 3. The molecule has 0 radical (unpaired) electrons. The first-order valence-electron chi connectivity index (χ1n) is 4.93. The molecule has 0 spiro atoms. The van der Waals surface area contributed by atoms with Crippen LogP contribution in [0, 0.1) is 11.3 Å². The van der Waals surface area contributed by atoms with Gasteiger partial charge in [-0.1, -0.05) is 6.08 Å². The Balaban J connectivity index is 1.98. The van der Waals surface area contributed by atoms with Crippen LogP contribution < -0.4 is 5.43 Å². The number of nitrogens with one attached hydrogen (secondary N) is 1. The lowest BCUT2D eigenvalue weighted by atomic mass is 10.1. The summed E-state index contributed by atoms with van der Waals surface area (Å²) in [6, 6.07) is 1.26. The normalized spacial score (nSPS) is 28.1. The third-order valence-electron chi connectivity index (χ3n) is 2.44. The van der Waals surface area contributed by atoms with Crippen molar-refractivity contribution in [1.82, 2.24) is 10.4 Å². The van der Waals surface area contributed by atoms with Crippen LogP contribution in [0.25, 0.3) is 0 Å². The Kier molecular flexibility index (Phi) is 2.90. The second-order valence-corrected chi connectivity index (χ2v) is 3.63. The smallest absolute Gasteiger partial charge is 0.306 e. The number of nitrogens with zero attached hydrogens (tertiary/aromatic N) is 3. The maximum absolute atomic E-state index is 12.3. The minimum Gasteiger partial charge on any atom is -0.306 e. The Morgan fingerprint density at radius 3 is 2.71 bits per heavy atom. The molecular weight excluding hydrogens is 233 g/mol. The van der Waals surface area contributed by atoms with Crippen LogP contribution in [0.2, 0.25) is 0 Å². The van der Waals surface area contributed by atoms with Gasteiger partial charge in [-0.05, 0) is 12.2 Å². The van der Waals surface area contributed by atoms with Crippen LogP contribution >= 0.6 is 0 Å². The molecule has 2 atom stereocenters. The maximum atomic E-state index is 12.3. The Morgan fingerprint density at radius 1 is 1.47 bits per heavy atom. The van der Waals surface area contributed by atoms with Crippen molar-refractivity contribution in [3.8, 4) is 6.07 Å². The fourth-order valence-electron chi connectivity index (χ4n) is 1.58. The second kappa shape index (κ2) is 4.22. The molecule has 0 aromatic heterocycles. The Bertz CT molecular complexity index is 430. The zero-order valence-corrected chi connectivity index (χ0v) is 8.65. The highest BCUT2D eigenvalue weighted by Crippen LogP contribution is 2.21. The highest BCUT2D eigenvalue weighted by atomic mass is 19.4. The summed E-state index contributed by atoms with van der Waals surface area (Å²) in [6.45, 7) is 0.0147. The molecule has 2 aliphatic rings. The summed E-state index contributed by atoms with van der Waals surface area (Å²) < 4.78 is 36.9. The minimum atomic E-state index is -4.40. The van der Waals surface area contributed by atoms with Gasteiger partial charge in [0.05, 0.1) is 18.7 Å². The van der Waals surface area contributed by atoms with Crippen molar-refractivity contribution in [3.05, 3.63) is 24.4 Å². The molecule has 0 amide bonds. The van der Waals surface area contributed by atoms with E-state index >= 15 is 0 Å². The second-order valence-electron chi connectivity index (χ2n) is 3.63. The molecule has 0 aromatic rings. The lowest BCUT2D eigenvalue weighted by Gasteiger charge is -2.27. The first-order valence-corrected chi connectivity index (χ1v) is 4.93. The Labute approximate surface area is 95.7 Å². The van der Waals surface area contributed by atoms with E-state index in [9.17, 15) is 13.2 Å². The van der Waals surface area contributed by atoms with Crippen molar-refractivity contribution < 1.29 is 13.2 Å². The van der Waals surface area contributed by atoms with E-state index in [-0.39, 0.29) is 12.6 Å². The number of dihydropyridines is 1. The van der Waals surface area contributed by atoms with Crippen molar-refractivity contribution in [2.75, 3.05) is 6.54 Å². The summed E-state index contributed by atoms with van der Waals surface area (Å²) in [5.74, 6) is 0. The fourth-order valence-corrected chi connectivity index (χ4v) is 1.58. The number of rotatable bonds is 1. The molecule has 2 heterocycles. The molecule has 90 valence electrons. The van der Waals surface area contributed by atoms with Gasteiger partial charge in [0.2, 0.25) is 0 Å². The average molecular weight is 242 g/mol. The lowest BCUT2D eigenvalue weighted by Crippen LogP contribution is -2.44. The standard InChI is InChI=1S/C10H9F3N4/c11-10(12,13)9-2-1-8(6-15-9)17-4-3-7(5-14)16-17/h1-4,7-8,16H,6H2. The van der Waals surface area contributed by atoms with Crippen LogP contribution in [0.5, 0.6) is 0 Å². The summed E-state index contributed by atoms with van der Waals surface area (Å²) in [4.78, 5) is 3.48. The molecule has 1 N–H and O–H groups in total. The first-order chi connectivity index (χ1) is 8.00. The van der Waals surface area contributed by atoms with Crippen LogP contribution in [-0.4, -0.2) is 35.5 Å². The predicted molar refractivity (Wildman–Crippen MR) is 54.8 cm³/mol. The molecule has 7 heteroatoms. The van der Waals surface area contributed by atoms with Crippen molar-refractivity contribution in [3.63, 3.8) is 0 Å². The van der Waals surface area contributed by atoms with Crippen molar-refractivity contribution in [2.24, 2.45) is 4.99 Å². The maximum Gasteiger partial charge on any atom is 0.432 e. The van der Waals surface area contributed by atoms with E-state index in [2.05, 4.69) is 10.4 Å². The van der Waals surface area contributed by atoms with Crippen molar-refractivity contribution >= 4 is 5.71 Å². The van der Waals surface area contributed by atoms with Crippen LogP contribution in [0.1, 0.15) is 0 Å². The number of nitriles is 1. The van der Waals surface area contributed by atoms with Gasteiger partial charge in [0.15, 0.2) is 0 Å². The molecule has 17 heavy (non-hydrogen) atoms. The van der Waals surface area contributed by atoms with E-state index in [1.807, 2.05) is 6.07 Å². The van der Waals surface area contributed by atoms with Gasteiger partial charge in [0, 0.05) is 6.20 Å². The molecule has 0 bridgehead atoms. The quantitative estimate of drug-likeness (QED) is 0.750. The lowest BCUT2D eigenvalue weighted by molar-refractivity contribution is -0.0581. The topological polar surface area (TPSA) is 51.4 Å². The van der Waals surface area contributed by atoms with E-state index in [0.29, 0.717) is 0 Å². The van der Waals surface area contributed by atoms with Crippen molar-refractivity contribution in [2.45, 2.75) is 18.3 Å². The molecule has 0 aromatic carbocycles. The van der Waals surface area contributed by atoms with Crippen molar-refractivity contribution in [1.29, 1.82) is 5.26 Å². The minimum absolute atomic E-state index is 0.0147. The molecule has 4 nitrogen and oxygen atoms in total. The van der Waals surface area contributed by atoms with E-state index in [1.54, 1.807) is 17.3 Å². The summed E-state index contributed by atoms with van der Waals surface area (Å²) in [6.07, 6.45) is 1.26. The molecular formula is C10H9F3N4. The molecule has 0 saturated heterocycles. The third-order valence-corrected chi connectivity index (χ3v) is 2.44. The summed E-state index contributed by atoms with van der Waals surface area (Å²) in [5, 5.41) is 10.2. The van der Waals surface area contributed by atoms with E-state index in [0.717, 1.165) is 6.08 Å². The zero-order valence-electron chi connectivity index (χ0n) is 8.65. The van der Waals surface area contributed by atoms with E-state index < -0.39 is 17.9 Å². The highest BCUT2D eigenvalue weighted by molar-refractivity contribution is 6.00. The predicted octanol–water partition coefficient (Wildman–Crippen LogP) is 1.15. The Morgan fingerprint density at radius 2 is 2.24 bits per heavy atom. The van der Waals surface area contributed by atoms with Gasteiger partial charge in [0.1, 0.15) is 11.8 Å². The number of aliphatic imine (C=N–C) groups is 1. The van der Waals surface area contributed by atoms with Gasteiger partial charge in [-0.2, -0.15) is 18.4 Å². The third kappa shape index (κ3) is 2.47. The van der Waals surface area contributed by atoms with Gasteiger partial charge < -0.3 is 5.01 Å². The van der Waals surface area contributed by atoms with Gasteiger partial charge in [-0.3, -0.25) is 4.99 Å². The summed E-state index contributed by atoms with van der Waals surface area (Å²) in [5.41, 5.74) is 1.96. The van der Waals surface area contributed by atoms with E-state index in [1.165, 1.54) is 6.08 Å². The molecule has 0 aliphatic carbocycles. The van der Waals surface area contributed by atoms with Crippen LogP contribution in [0.3, 0.4) is 0 Å². The average Bonchev–Trinajstić information content (AvgIpc) is 2.76. The number of hydrogen-bond donors (Lipinski definition) is 1. The monoisotopic (exact) mass is 242 g/mol. The number of allylic oxidation sites excluding steroid dienone is 1. The Hall–Kier alpha value is -1.81. The van der Waals surface area contributed by atoms with Crippen LogP contribution in [-0.2, 0) is 0 Å². The van der Waals surface area contributed by atoms with Gasteiger partial charge in [-0.25, -0.2) is 5.43 Å². The van der Waals surface area contributed by atoms with Crippen LogP contribution in [0.15, 0.2) is 29.4 Å². The SMILES string of the molecule is N#CC1C=CN(C2C=CC(C(F)(F)F)=NC2)N1.